The number of hydrogen-bond donors (Lipinski definition) is 2. The molecular weight excluding hydrogens is 154 g/mol. The minimum Gasteiger partial charge on any atom is -0.368 e. The van der Waals surface area contributed by atoms with Gasteiger partial charge >= 0.3 is 0 Å². The third kappa shape index (κ3) is 1.40. The number of nitrogens with two attached hydrogens (primary N) is 2. The average molecular weight is 169 g/mol. The van der Waals surface area contributed by atoms with E-state index in [1.54, 1.807) is 11.7 Å². The van der Waals surface area contributed by atoms with Crippen LogP contribution in [0.25, 0.3) is 0 Å². The van der Waals surface area contributed by atoms with Gasteiger partial charge in [-0.25, -0.2) is 4.68 Å². The van der Waals surface area contributed by atoms with Crippen LogP contribution < -0.4 is 11.5 Å². The van der Waals surface area contributed by atoms with Gasteiger partial charge in [-0.3, -0.25) is 0 Å². The van der Waals surface area contributed by atoms with E-state index < -0.39 is 0 Å². The van der Waals surface area contributed by atoms with Gasteiger partial charge in [0, 0.05) is 19.0 Å². The molecule has 0 saturated heterocycles. The van der Waals surface area contributed by atoms with E-state index in [2.05, 4.69) is 10.1 Å². The topological polar surface area (TPSA) is 82.8 Å². The van der Waals surface area contributed by atoms with Crippen molar-refractivity contribution in [1.29, 1.82) is 0 Å². The van der Waals surface area contributed by atoms with Gasteiger partial charge in [-0.1, -0.05) is 13.8 Å². The van der Waals surface area contributed by atoms with Crippen molar-refractivity contribution in [3.8, 4) is 0 Å². The molecule has 5 nitrogen and oxygen atoms in total. The zero-order valence-corrected chi connectivity index (χ0v) is 7.70. The predicted octanol–water partition coefficient (Wildman–Crippen LogP) is -0.366. The van der Waals surface area contributed by atoms with Crippen LogP contribution in [0, 0.1) is 0 Å². The van der Waals surface area contributed by atoms with Crippen LogP contribution in [0.15, 0.2) is 0 Å². The summed E-state index contributed by atoms with van der Waals surface area (Å²) in [6.45, 7) is 4.49. The maximum Gasteiger partial charge on any atom is 0.218 e. The first kappa shape index (κ1) is 8.99. The molecule has 0 atom stereocenters. The Labute approximate surface area is 71.8 Å². The molecule has 0 aromatic carbocycles. The van der Waals surface area contributed by atoms with Crippen LogP contribution in [0.5, 0.6) is 0 Å². The van der Waals surface area contributed by atoms with E-state index in [0.29, 0.717) is 18.3 Å². The van der Waals surface area contributed by atoms with E-state index in [9.17, 15) is 0 Å². The van der Waals surface area contributed by atoms with E-state index >= 15 is 0 Å². The van der Waals surface area contributed by atoms with E-state index in [-0.39, 0.29) is 5.41 Å². The fourth-order valence-electron chi connectivity index (χ4n) is 0.775. The number of aromatic nitrogens is 3. The van der Waals surface area contributed by atoms with Crippen molar-refractivity contribution in [3.63, 3.8) is 0 Å². The second-order valence-electron chi connectivity index (χ2n) is 3.51. The van der Waals surface area contributed by atoms with Crippen LogP contribution in [0.4, 0.5) is 5.95 Å². The number of hydrogen-bond acceptors (Lipinski definition) is 4. The van der Waals surface area contributed by atoms with Crippen LogP contribution in [-0.2, 0) is 12.5 Å². The maximum atomic E-state index is 5.57. The second-order valence-corrected chi connectivity index (χ2v) is 3.51. The molecule has 12 heavy (non-hydrogen) atoms. The predicted molar refractivity (Wildman–Crippen MR) is 47.5 cm³/mol. The molecule has 1 rings (SSSR count). The first-order chi connectivity index (χ1) is 5.47. The Morgan fingerprint density at radius 1 is 1.50 bits per heavy atom. The Morgan fingerprint density at radius 2 is 2.08 bits per heavy atom. The highest BCUT2D eigenvalue weighted by Gasteiger charge is 2.24. The summed E-state index contributed by atoms with van der Waals surface area (Å²) in [6.07, 6.45) is 0. The number of nitrogens with zero attached hydrogens (tertiary/aromatic N) is 3. The summed E-state index contributed by atoms with van der Waals surface area (Å²) in [5, 5.41) is 4.15. The Balaban J connectivity index is 3.04. The molecule has 0 saturated carbocycles. The number of rotatable bonds is 2. The van der Waals surface area contributed by atoms with E-state index in [1.807, 2.05) is 13.8 Å². The Kier molecular flexibility index (Phi) is 2.06. The summed E-state index contributed by atoms with van der Waals surface area (Å²) in [6, 6.07) is 0. The molecule has 5 heteroatoms. The molecule has 0 unspecified atom stereocenters. The summed E-state index contributed by atoms with van der Waals surface area (Å²) in [4.78, 5) is 4.10. The molecular formula is C7H15N5. The molecule has 0 fully saturated rings. The lowest BCUT2D eigenvalue weighted by Crippen LogP contribution is -2.29. The normalized spacial score (nSPS) is 12.0. The van der Waals surface area contributed by atoms with Gasteiger partial charge in [0.15, 0.2) is 5.82 Å². The smallest absolute Gasteiger partial charge is 0.218 e. The third-order valence-corrected chi connectivity index (χ3v) is 1.91. The van der Waals surface area contributed by atoms with Gasteiger partial charge in [0.05, 0.1) is 0 Å². The number of aryl methyl sites for hydroxylation is 1. The largest absolute Gasteiger partial charge is 0.368 e. The summed E-state index contributed by atoms with van der Waals surface area (Å²) >= 11 is 0. The lowest BCUT2D eigenvalue weighted by atomic mass is 9.93. The monoisotopic (exact) mass is 169 g/mol. The third-order valence-electron chi connectivity index (χ3n) is 1.91. The van der Waals surface area contributed by atoms with Crippen LogP contribution in [-0.4, -0.2) is 21.3 Å². The first-order valence-corrected chi connectivity index (χ1v) is 3.84. The molecule has 68 valence electrons. The van der Waals surface area contributed by atoms with Crippen molar-refractivity contribution in [2.24, 2.45) is 12.8 Å². The van der Waals surface area contributed by atoms with Gasteiger partial charge in [0.2, 0.25) is 5.95 Å². The minimum absolute atomic E-state index is 0.199. The zero-order chi connectivity index (χ0) is 9.35. The highest BCUT2D eigenvalue weighted by atomic mass is 15.4. The van der Waals surface area contributed by atoms with Crippen LogP contribution in [0.1, 0.15) is 19.7 Å². The van der Waals surface area contributed by atoms with Gasteiger partial charge in [-0.05, 0) is 0 Å². The van der Waals surface area contributed by atoms with Crippen molar-refractivity contribution in [3.05, 3.63) is 5.82 Å². The lowest BCUT2D eigenvalue weighted by molar-refractivity contribution is 0.498. The van der Waals surface area contributed by atoms with Gasteiger partial charge < -0.3 is 11.5 Å². The van der Waals surface area contributed by atoms with Crippen molar-refractivity contribution >= 4 is 5.95 Å². The molecule has 4 N–H and O–H groups in total. The molecule has 1 aromatic rings. The highest BCUT2D eigenvalue weighted by Crippen LogP contribution is 2.18. The van der Waals surface area contributed by atoms with Gasteiger partial charge in [0.25, 0.3) is 0 Å². The fraction of sp³-hybridized carbons (Fsp3) is 0.714. The Morgan fingerprint density at radius 3 is 2.42 bits per heavy atom. The van der Waals surface area contributed by atoms with Gasteiger partial charge in [-0.2, -0.15) is 10.1 Å². The van der Waals surface area contributed by atoms with Crippen molar-refractivity contribution < 1.29 is 0 Å². The molecule has 0 bridgehead atoms. The summed E-state index contributed by atoms with van der Waals surface area (Å²) in [5.74, 6) is 1.12. The molecule has 1 heterocycles. The second kappa shape index (κ2) is 2.75. The zero-order valence-electron chi connectivity index (χ0n) is 7.70. The molecule has 0 aliphatic rings. The number of anilines is 1. The van der Waals surface area contributed by atoms with Crippen molar-refractivity contribution in [1.82, 2.24) is 14.8 Å². The molecule has 0 aliphatic heterocycles. The average Bonchev–Trinajstić information content (AvgIpc) is 2.33. The summed E-state index contributed by atoms with van der Waals surface area (Å²) in [5.41, 5.74) is 10.9. The molecule has 1 aromatic heterocycles. The van der Waals surface area contributed by atoms with E-state index in [4.69, 9.17) is 11.5 Å². The quantitative estimate of drug-likeness (QED) is 0.633. The summed E-state index contributed by atoms with van der Waals surface area (Å²) < 4.78 is 1.55. The van der Waals surface area contributed by atoms with Gasteiger partial charge in [-0.15, -0.1) is 0 Å². The summed E-state index contributed by atoms with van der Waals surface area (Å²) in [7, 11) is 1.76. The van der Waals surface area contributed by atoms with Crippen molar-refractivity contribution in [2.45, 2.75) is 19.3 Å². The number of nitrogen functional groups attached to an aromatic ring is 1. The van der Waals surface area contributed by atoms with E-state index in [1.165, 1.54) is 0 Å². The van der Waals surface area contributed by atoms with Crippen LogP contribution >= 0.6 is 0 Å². The van der Waals surface area contributed by atoms with Crippen LogP contribution in [0.2, 0.25) is 0 Å². The molecule has 0 spiro atoms. The lowest BCUT2D eigenvalue weighted by Gasteiger charge is -2.17. The van der Waals surface area contributed by atoms with E-state index in [0.717, 1.165) is 0 Å². The van der Waals surface area contributed by atoms with Crippen LogP contribution in [0.3, 0.4) is 0 Å². The standard InChI is InChI=1S/C7H15N5/c1-7(2,4-8)5-10-6(9)12(3)11-5/h4,8H2,1-3H3,(H2,9,10,11). The first-order valence-electron chi connectivity index (χ1n) is 3.84. The SMILES string of the molecule is Cn1nc(C(C)(C)CN)nc1N. The minimum atomic E-state index is -0.199. The molecule has 0 aliphatic carbocycles. The maximum absolute atomic E-state index is 5.57. The highest BCUT2D eigenvalue weighted by molar-refractivity contribution is 5.19. The Bertz CT molecular complexity index is 256. The fourth-order valence-corrected chi connectivity index (χ4v) is 0.775. The molecule has 0 radical (unpaired) electrons. The van der Waals surface area contributed by atoms with Crippen molar-refractivity contribution in [2.75, 3.05) is 12.3 Å². The molecule has 0 amide bonds. The Hall–Kier alpha value is -1.10. The van der Waals surface area contributed by atoms with Gasteiger partial charge in [0.1, 0.15) is 0 Å².